The summed E-state index contributed by atoms with van der Waals surface area (Å²) in [4.78, 5) is 0. The smallest absolute Gasteiger partial charge is 0.114 e. The second-order valence-corrected chi connectivity index (χ2v) is 7.73. The molecule has 160 valence electrons. The fourth-order valence-corrected chi connectivity index (χ4v) is 3.36. The van der Waals surface area contributed by atoms with Crippen LogP contribution in [0.2, 0.25) is 0 Å². The van der Waals surface area contributed by atoms with E-state index in [9.17, 15) is 15.3 Å². The van der Waals surface area contributed by atoms with E-state index in [0.717, 1.165) is 12.8 Å². The summed E-state index contributed by atoms with van der Waals surface area (Å²) in [5.41, 5.74) is 0. The molecule has 5 heteroatoms. The average molecular weight is 387 g/mol. The lowest BCUT2D eigenvalue weighted by molar-refractivity contribution is -0.0813. The highest BCUT2D eigenvalue weighted by Crippen LogP contribution is 2.18. The van der Waals surface area contributed by atoms with Crippen molar-refractivity contribution < 1.29 is 24.8 Å². The first-order valence-electron chi connectivity index (χ1n) is 11.0. The minimum absolute atomic E-state index is 0.0671. The van der Waals surface area contributed by atoms with Crippen molar-refractivity contribution in [3.63, 3.8) is 0 Å². The van der Waals surface area contributed by atoms with Crippen LogP contribution in [0, 0.1) is 0 Å². The molecule has 1 rings (SSSR count). The van der Waals surface area contributed by atoms with Gasteiger partial charge in [-0.3, -0.25) is 0 Å². The van der Waals surface area contributed by atoms with Gasteiger partial charge in [-0.2, -0.15) is 0 Å². The lowest BCUT2D eigenvalue weighted by atomic mass is 10.1. The molecule has 5 nitrogen and oxygen atoms in total. The molecule has 0 unspecified atom stereocenters. The molecule has 4 atom stereocenters. The van der Waals surface area contributed by atoms with Gasteiger partial charge in [0.2, 0.25) is 0 Å². The van der Waals surface area contributed by atoms with Crippen LogP contribution in [0.1, 0.15) is 84.0 Å². The molecule has 0 aromatic rings. The van der Waals surface area contributed by atoms with E-state index in [1.54, 1.807) is 0 Å². The third-order valence-electron chi connectivity index (χ3n) is 5.16. The van der Waals surface area contributed by atoms with Crippen molar-refractivity contribution in [2.75, 3.05) is 19.8 Å². The summed E-state index contributed by atoms with van der Waals surface area (Å²) in [6.07, 6.45) is 16.1. The molecule has 0 saturated carbocycles. The van der Waals surface area contributed by atoms with Gasteiger partial charge >= 0.3 is 0 Å². The summed E-state index contributed by atoms with van der Waals surface area (Å²) in [6.45, 7) is 3.07. The van der Waals surface area contributed by atoms with Crippen LogP contribution in [-0.4, -0.2) is 59.6 Å². The van der Waals surface area contributed by atoms with E-state index < -0.39 is 24.4 Å². The average Bonchev–Trinajstić information content (AvgIpc) is 3.00. The van der Waals surface area contributed by atoms with Gasteiger partial charge in [0.25, 0.3) is 0 Å². The predicted octanol–water partition coefficient (Wildman–Crippen LogP) is 3.74. The number of unbranched alkanes of at least 4 members (excludes halogenated alkanes) is 10. The third kappa shape index (κ3) is 11.9. The fraction of sp³-hybridized carbons (Fsp3) is 0.909. The van der Waals surface area contributed by atoms with Crippen LogP contribution < -0.4 is 0 Å². The molecule has 0 amide bonds. The third-order valence-corrected chi connectivity index (χ3v) is 5.16. The maximum Gasteiger partial charge on any atom is 0.114 e. The van der Waals surface area contributed by atoms with Crippen molar-refractivity contribution in [2.24, 2.45) is 0 Å². The lowest BCUT2D eigenvalue weighted by Crippen LogP contribution is -2.40. The SMILES string of the molecule is CCCCCC/C=C/CCCCCCCCOC[C@H](O)[C@@H]1OC[C@@H](O)[C@@H]1O. The molecule has 0 spiro atoms. The zero-order valence-corrected chi connectivity index (χ0v) is 17.2. The lowest BCUT2D eigenvalue weighted by Gasteiger charge is -2.20. The van der Waals surface area contributed by atoms with Gasteiger partial charge < -0.3 is 24.8 Å². The summed E-state index contributed by atoms with van der Waals surface area (Å²) in [5, 5.41) is 29.0. The van der Waals surface area contributed by atoms with Crippen molar-refractivity contribution >= 4 is 0 Å². The molecule has 1 heterocycles. The summed E-state index contributed by atoms with van der Waals surface area (Å²) in [6, 6.07) is 0. The molecule has 0 aliphatic carbocycles. The quantitative estimate of drug-likeness (QED) is 0.262. The van der Waals surface area contributed by atoms with Crippen molar-refractivity contribution in [3.05, 3.63) is 12.2 Å². The molecule has 3 N–H and O–H groups in total. The summed E-state index contributed by atoms with van der Waals surface area (Å²) < 4.78 is 10.7. The molecule has 1 saturated heterocycles. The molecule has 27 heavy (non-hydrogen) atoms. The largest absolute Gasteiger partial charge is 0.388 e. The van der Waals surface area contributed by atoms with E-state index in [1.807, 2.05) is 0 Å². The van der Waals surface area contributed by atoms with Crippen LogP contribution in [-0.2, 0) is 9.47 Å². The molecule has 0 bridgehead atoms. The Kier molecular flexibility index (Phi) is 15.0. The monoisotopic (exact) mass is 386 g/mol. The molecule has 1 aliphatic heterocycles. The molecule has 0 aromatic carbocycles. The number of aliphatic hydroxyl groups is 3. The van der Waals surface area contributed by atoms with Gasteiger partial charge in [0, 0.05) is 6.61 Å². The van der Waals surface area contributed by atoms with Crippen molar-refractivity contribution in [2.45, 2.75) is 108 Å². The van der Waals surface area contributed by atoms with Gasteiger partial charge in [0.15, 0.2) is 0 Å². The molecule has 1 fully saturated rings. The van der Waals surface area contributed by atoms with Crippen molar-refractivity contribution in [1.29, 1.82) is 0 Å². The number of hydrogen-bond acceptors (Lipinski definition) is 5. The second-order valence-electron chi connectivity index (χ2n) is 7.73. The first kappa shape index (κ1) is 24.6. The molecule has 0 radical (unpaired) electrons. The highest BCUT2D eigenvalue weighted by Gasteiger charge is 2.39. The van der Waals surface area contributed by atoms with Crippen LogP contribution >= 0.6 is 0 Å². The number of hydrogen-bond donors (Lipinski definition) is 3. The fourth-order valence-electron chi connectivity index (χ4n) is 3.36. The number of rotatable bonds is 17. The van der Waals surface area contributed by atoms with Crippen molar-refractivity contribution in [3.8, 4) is 0 Å². The first-order chi connectivity index (χ1) is 13.2. The van der Waals surface area contributed by atoms with E-state index in [4.69, 9.17) is 9.47 Å². The van der Waals surface area contributed by atoms with E-state index in [0.29, 0.717) is 6.61 Å². The zero-order chi connectivity index (χ0) is 19.7. The van der Waals surface area contributed by atoms with Crippen LogP contribution in [0.15, 0.2) is 12.2 Å². The normalized spacial score (nSPS) is 24.1. The maximum absolute atomic E-state index is 9.93. The Morgan fingerprint density at radius 1 is 0.926 bits per heavy atom. The van der Waals surface area contributed by atoms with Gasteiger partial charge in [-0.1, -0.05) is 64.0 Å². The Balaban J connectivity index is 1.81. The molecule has 0 aromatic heterocycles. The predicted molar refractivity (Wildman–Crippen MR) is 109 cm³/mol. The number of allylic oxidation sites excluding steroid dienone is 2. The summed E-state index contributed by atoms with van der Waals surface area (Å²) >= 11 is 0. The highest BCUT2D eigenvalue weighted by molar-refractivity contribution is 4.87. The van der Waals surface area contributed by atoms with Crippen LogP contribution in [0.3, 0.4) is 0 Å². The Hall–Kier alpha value is -0.460. The van der Waals surface area contributed by atoms with Crippen LogP contribution in [0.5, 0.6) is 0 Å². The Morgan fingerprint density at radius 3 is 2.11 bits per heavy atom. The second kappa shape index (κ2) is 16.5. The number of aliphatic hydroxyl groups excluding tert-OH is 3. The highest BCUT2D eigenvalue weighted by atomic mass is 16.5. The minimum Gasteiger partial charge on any atom is -0.388 e. The Morgan fingerprint density at radius 2 is 1.52 bits per heavy atom. The van der Waals surface area contributed by atoms with Crippen LogP contribution in [0.25, 0.3) is 0 Å². The van der Waals surface area contributed by atoms with Gasteiger partial charge in [-0.25, -0.2) is 0 Å². The molecular weight excluding hydrogens is 344 g/mol. The van der Waals surface area contributed by atoms with Crippen LogP contribution in [0.4, 0.5) is 0 Å². The topological polar surface area (TPSA) is 79.2 Å². The van der Waals surface area contributed by atoms with Crippen molar-refractivity contribution in [1.82, 2.24) is 0 Å². The summed E-state index contributed by atoms with van der Waals surface area (Å²) in [7, 11) is 0. The van der Waals surface area contributed by atoms with Gasteiger partial charge in [0.1, 0.15) is 24.4 Å². The zero-order valence-electron chi connectivity index (χ0n) is 17.2. The number of ether oxygens (including phenoxy) is 2. The first-order valence-corrected chi connectivity index (χ1v) is 11.0. The Bertz CT molecular complexity index is 361. The minimum atomic E-state index is -1.03. The standard InChI is InChI=1S/C22H42O5/c1-2-3-4-5-6-7-8-9-10-11-12-13-14-15-16-26-17-20(24)22-21(25)19(23)18-27-22/h7-8,19-25H,2-6,9-18H2,1H3/b8-7+/t19-,20+,21+,22+/m1/s1. The van der Waals surface area contributed by atoms with Gasteiger partial charge in [-0.05, 0) is 32.1 Å². The van der Waals surface area contributed by atoms with E-state index >= 15 is 0 Å². The van der Waals surface area contributed by atoms with Gasteiger partial charge in [0.05, 0.1) is 13.2 Å². The Labute approximate surface area is 165 Å². The van der Waals surface area contributed by atoms with E-state index in [2.05, 4.69) is 19.1 Å². The van der Waals surface area contributed by atoms with Gasteiger partial charge in [-0.15, -0.1) is 0 Å². The van der Waals surface area contributed by atoms with E-state index in [1.165, 1.54) is 64.2 Å². The summed E-state index contributed by atoms with van der Waals surface area (Å²) in [5.74, 6) is 0. The maximum atomic E-state index is 9.93. The van der Waals surface area contributed by atoms with E-state index in [-0.39, 0.29) is 13.2 Å². The molecular formula is C22H42O5. The molecule has 1 aliphatic rings.